The molecule has 0 aromatic heterocycles. The lowest BCUT2D eigenvalue weighted by atomic mass is 9.88. The van der Waals surface area contributed by atoms with Gasteiger partial charge in [0.2, 0.25) is 5.91 Å². The van der Waals surface area contributed by atoms with Crippen LogP contribution in [0, 0.1) is 0 Å². The Kier molecular flexibility index (Phi) is 20.9. The normalized spacial score (nSPS) is 42.1. The summed E-state index contributed by atoms with van der Waals surface area (Å²) >= 11 is 0. The lowest BCUT2D eigenvalue weighted by molar-refractivity contribution is -0.396. The van der Waals surface area contributed by atoms with Crippen LogP contribution in [0.1, 0.15) is 37.6 Å². The molecule has 5 fully saturated rings. The van der Waals surface area contributed by atoms with Crippen LogP contribution in [0.5, 0.6) is 0 Å². The standard InChI is InChI=1S/C48H70N2O28/c1-4-69-44-35(64)40(31(60)24(14-52)71-44)76-43-28(50-42(66)21-11-7-9-19-8-5-6-10-20(19)21)39(75-45-34(63)33(62)29(58)17(2)70-45)37(26(16-54)73-43)74-46-36(65)41(32(61)25(15-53)72-46)78-48(47(67)68)12-22(56)27(49-18(3)55)38(77-48)30(59)23(57)13-51/h5-11,17,22-41,43-46,51-54,56-65H,4,12-16H2,1-3H3,(H,49,55)(H,50,66)(H,67,68)/t17-,22+,23-,24-,25-,26-,27-,28-,29-,30-,31+,32+,33-,34+,35-,36-,37-,38-,39-,40+,41+,43+,44-,45+,46+,48+/m1/s1. The van der Waals surface area contributed by atoms with Crippen LogP contribution in [0.2, 0.25) is 0 Å². The average molecular weight is 1120 g/mol. The molecule has 0 spiro atoms. The van der Waals surface area contributed by atoms with Gasteiger partial charge in [-0.3, -0.25) is 9.59 Å². The third-order valence-electron chi connectivity index (χ3n) is 14.3. The number of amides is 2. The highest BCUT2D eigenvalue weighted by Crippen LogP contribution is 2.40. The molecule has 7 rings (SSSR count). The van der Waals surface area contributed by atoms with E-state index in [2.05, 4.69) is 10.6 Å². The van der Waals surface area contributed by atoms with Gasteiger partial charge in [-0.05, 0) is 30.7 Å². The second-order valence-electron chi connectivity index (χ2n) is 19.6. The van der Waals surface area contributed by atoms with E-state index in [-0.39, 0.29) is 12.2 Å². The number of carbonyl (C=O) groups is 3. The molecule has 0 radical (unpaired) electrons. The maximum atomic E-state index is 14.8. The highest BCUT2D eigenvalue weighted by molar-refractivity contribution is 6.07. The minimum absolute atomic E-state index is 0.0218. The molecule has 2 amide bonds. The van der Waals surface area contributed by atoms with E-state index in [9.17, 15) is 91.0 Å². The largest absolute Gasteiger partial charge is 0.477 e. The number of rotatable bonds is 20. The monoisotopic (exact) mass is 1120 g/mol. The number of hydrogen-bond acceptors (Lipinski definition) is 27. The number of aliphatic carboxylic acids is 1. The SMILES string of the molecule is CCO[C@@H]1O[C@H](CO)[C@H](O)[C@H](O[C@@H]2O[C@H](CO)[C@@H](O[C@@H]3O[C@H](CO)[C@H](O)[C@H](O[C@]4(C(=O)O)C[C@H](O)[C@@H](NC(C)=O)[C@H]([C@H](O)[C@H](O)CO)O4)[C@H]3O)[C@H](O[C@@H]3O[C@H](C)[C@@H](O)[C@@H](O)[C@@H]3O)[C@H]2NC(=O)c2cccc3ccccc23)[C@H]1O. The molecule has 0 saturated carbocycles. The minimum atomic E-state index is -3.22. The van der Waals surface area contributed by atoms with Gasteiger partial charge < -0.3 is 135 Å². The first kappa shape index (κ1) is 61.8. The Morgan fingerprint density at radius 2 is 1.23 bits per heavy atom. The van der Waals surface area contributed by atoms with Gasteiger partial charge in [0, 0.05) is 25.5 Å². The molecule has 5 saturated heterocycles. The molecule has 2 aromatic rings. The Balaban J connectivity index is 1.31. The molecule has 5 aliphatic rings. The summed E-state index contributed by atoms with van der Waals surface area (Å²) in [5, 5.41) is 171. The lowest BCUT2D eigenvalue weighted by Crippen LogP contribution is -2.72. The summed E-state index contributed by atoms with van der Waals surface area (Å²) in [5.74, 6) is -7.01. The second kappa shape index (κ2) is 26.4. The molecular formula is C48H70N2O28. The molecular weight excluding hydrogens is 1050 g/mol. The van der Waals surface area contributed by atoms with Crippen molar-refractivity contribution in [3.63, 3.8) is 0 Å². The van der Waals surface area contributed by atoms with Crippen molar-refractivity contribution in [2.45, 2.75) is 186 Å². The minimum Gasteiger partial charge on any atom is -0.477 e. The summed E-state index contributed by atoms with van der Waals surface area (Å²) in [6.45, 7) is -0.400. The number of carbonyl (C=O) groups excluding carboxylic acids is 2. The van der Waals surface area contributed by atoms with Crippen molar-refractivity contribution >= 4 is 28.6 Å². The van der Waals surface area contributed by atoms with Crippen LogP contribution >= 0.6 is 0 Å². The van der Waals surface area contributed by atoms with Crippen molar-refractivity contribution in [1.82, 2.24) is 10.6 Å². The van der Waals surface area contributed by atoms with Crippen molar-refractivity contribution in [3.8, 4) is 0 Å². The van der Waals surface area contributed by atoms with E-state index >= 15 is 0 Å². The van der Waals surface area contributed by atoms with Crippen molar-refractivity contribution in [3.05, 3.63) is 48.0 Å². The van der Waals surface area contributed by atoms with Crippen LogP contribution in [0.15, 0.2) is 42.5 Å². The number of ether oxygens (including phenoxy) is 10. The van der Waals surface area contributed by atoms with Gasteiger partial charge in [-0.25, -0.2) is 4.79 Å². The molecule has 30 nitrogen and oxygen atoms in total. The van der Waals surface area contributed by atoms with Crippen LogP contribution in [-0.4, -0.2) is 286 Å². The Hall–Kier alpha value is -3.85. The van der Waals surface area contributed by atoms with E-state index in [0.29, 0.717) is 10.8 Å². The predicted octanol–water partition coefficient (Wildman–Crippen LogP) is -7.91. The topological polar surface area (TPSA) is 471 Å². The van der Waals surface area contributed by atoms with Crippen LogP contribution in [0.4, 0.5) is 0 Å². The molecule has 440 valence electrons. The van der Waals surface area contributed by atoms with Crippen molar-refractivity contribution < 1.29 is 138 Å². The first-order valence-corrected chi connectivity index (χ1v) is 25.1. The fourth-order valence-corrected chi connectivity index (χ4v) is 10.2. The van der Waals surface area contributed by atoms with Gasteiger partial charge in [-0.2, -0.15) is 0 Å². The van der Waals surface area contributed by atoms with E-state index in [0.717, 1.165) is 6.92 Å². The van der Waals surface area contributed by atoms with Gasteiger partial charge in [-0.15, -0.1) is 0 Å². The maximum absolute atomic E-state index is 14.8. The van der Waals surface area contributed by atoms with Crippen LogP contribution in [0.3, 0.4) is 0 Å². The molecule has 5 aliphatic heterocycles. The number of benzene rings is 2. The summed E-state index contributed by atoms with van der Waals surface area (Å²) < 4.78 is 59.6. The summed E-state index contributed by atoms with van der Waals surface area (Å²) in [7, 11) is 0. The second-order valence-corrected chi connectivity index (χ2v) is 19.6. The van der Waals surface area contributed by atoms with E-state index in [1.165, 1.54) is 13.0 Å². The number of carboxylic acid groups (broad SMARTS) is 1. The number of aliphatic hydroxyl groups is 14. The van der Waals surface area contributed by atoms with Gasteiger partial charge in [0.05, 0.1) is 44.7 Å². The fourth-order valence-electron chi connectivity index (χ4n) is 10.2. The predicted molar refractivity (Wildman–Crippen MR) is 253 cm³/mol. The third kappa shape index (κ3) is 12.8. The van der Waals surface area contributed by atoms with Crippen molar-refractivity contribution in [2.75, 3.05) is 33.0 Å². The Bertz CT molecular complexity index is 2300. The zero-order valence-corrected chi connectivity index (χ0v) is 42.2. The first-order valence-electron chi connectivity index (χ1n) is 25.1. The van der Waals surface area contributed by atoms with Crippen LogP contribution < -0.4 is 10.6 Å². The van der Waals surface area contributed by atoms with Crippen molar-refractivity contribution in [2.24, 2.45) is 0 Å². The van der Waals surface area contributed by atoms with E-state index in [1.54, 1.807) is 43.3 Å². The fraction of sp³-hybridized carbons (Fsp3) is 0.729. The number of carboxylic acids is 1. The van der Waals surface area contributed by atoms with Crippen molar-refractivity contribution in [1.29, 1.82) is 0 Å². The zero-order chi connectivity index (χ0) is 57.1. The quantitative estimate of drug-likeness (QED) is 0.0585. The van der Waals surface area contributed by atoms with Gasteiger partial charge in [-0.1, -0.05) is 36.4 Å². The number of nitrogens with one attached hydrogen (secondary N) is 2. The number of fused-ring (bicyclic) bond motifs is 1. The summed E-state index contributed by atoms with van der Waals surface area (Å²) in [4.78, 5) is 40.2. The zero-order valence-electron chi connectivity index (χ0n) is 42.2. The molecule has 17 N–H and O–H groups in total. The molecule has 78 heavy (non-hydrogen) atoms. The molecule has 2 aromatic carbocycles. The van der Waals surface area contributed by atoms with Gasteiger partial charge in [0.15, 0.2) is 25.2 Å². The number of aliphatic hydroxyl groups excluding tert-OH is 14. The molecule has 5 heterocycles. The Labute approximate surface area is 444 Å². The van der Waals surface area contributed by atoms with Crippen LogP contribution in [0.25, 0.3) is 10.8 Å². The first-order chi connectivity index (χ1) is 37.0. The van der Waals surface area contributed by atoms with E-state index in [4.69, 9.17) is 47.4 Å². The Morgan fingerprint density at radius 3 is 1.86 bits per heavy atom. The molecule has 26 atom stereocenters. The van der Waals surface area contributed by atoms with Gasteiger partial charge >= 0.3 is 5.97 Å². The van der Waals surface area contributed by atoms with Gasteiger partial charge in [0.1, 0.15) is 110 Å². The highest BCUT2D eigenvalue weighted by Gasteiger charge is 2.61. The molecule has 0 bridgehead atoms. The molecule has 30 heteroatoms. The van der Waals surface area contributed by atoms with Crippen LogP contribution in [-0.2, 0) is 57.0 Å². The average Bonchev–Trinajstić information content (AvgIpc) is 3.50. The van der Waals surface area contributed by atoms with E-state index < -0.39 is 210 Å². The maximum Gasteiger partial charge on any atom is 0.364 e. The smallest absolute Gasteiger partial charge is 0.364 e. The third-order valence-corrected chi connectivity index (χ3v) is 14.3. The van der Waals surface area contributed by atoms with Gasteiger partial charge in [0.25, 0.3) is 11.7 Å². The highest BCUT2D eigenvalue weighted by atomic mass is 16.8. The Morgan fingerprint density at radius 1 is 0.654 bits per heavy atom. The molecule has 0 unspecified atom stereocenters. The lowest BCUT2D eigenvalue weighted by Gasteiger charge is -2.52. The summed E-state index contributed by atoms with van der Waals surface area (Å²) in [6, 6.07) is 7.85. The summed E-state index contributed by atoms with van der Waals surface area (Å²) in [5.41, 5.74) is 0.0218. The summed E-state index contributed by atoms with van der Waals surface area (Å²) in [6.07, 6.45) is -46.2. The van der Waals surface area contributed by atoms with E-state index in [1.807, 2.05) is 0 Å². The number of hydrogen-bond donors (Lipinski definition) is 17. The molecule has 0 aliphatic carbocycles.